The predicted molar refractivity (Wildman–Crippen MR) is 149 cm³/mol. The van der Waals surface area contributed by atoms with Crippen LogP contribution in [0.3, 0.4) is 0 Å². The number of aliphatic hydroxyl groups is 6. The van der Waals surface area contributed by atoms with Gasteiger partial charge in [-0.3, -0.25) is 4.79 Å². The van der Waals surface area contributed by atoms with Crippen molar-refractivity contribution in [3.05, 3.63) is 46.6 Å². The summed E-state index contributed by atoms with van der Waals surface area (Å²) in [5.74, 6) is 1.23. The van der Waals surface area contributed by atoms with Crippen molar-refractivity contribution in [3.8, 4) is 34.3 Å². The van der Waals surface area contributed by atoms with Gasteiger partial charge in [-0.15, -0.1) is 0 Å². The Balaban J connectivity index is 1.40. The monoisotopic (exact) mass is 622 g/mol. The Morgan fingerprint density at radius 1 is 0.773 bits per heavy atom. The normalized spacial score (nSPS) is 30.6. The molecule has 2 saturated heterocycles. The minimum absolute atomic E-state index is 0.0254. The number of methoxy groups -OCH3 is 3. The summed E-state index contributed by atoms with van der Waals surface area (Å²) >= 11 is 0. The molecule has 15 heteroatoms. The van der Waals surface area contributed by atoms with Gasteiger partial charge in [0.05, 0.1) is 34.5 Å². The summed E-state index contributed by atoms with van der Waals surface area (Å²) in [6.45, 7) is -0.766. The summed E-state index contributed by atoms with van der Waals surface area (Å²) in [7, 11) is 4.32. The quantitative estimate of drug-likeness (QED) is 0.171. The SMILES string of the molecule is COc1ccc(-c2cc(=O)c3c(OC)cc(O[C@@H]4O[C@H](CO[C@@H]5OC[C@@H](O)[C@@H](O)[C@H]5O)[C@@H](O)[C@H](O)[C@@H]4O)cc3o2)cc1OC. The van der Waals surface area contributed by atoms with Crippen LogP contribution in [0.5, 0.6) is 23.0 Å². The Bertz CT molecular complexity index is 1510. The van der Waals surface area contributed by atoms with Crippen molar-refractivity contribution in [2.24, 2.45) is 0 Å². The first-order valence-electron chi connectivity index (χ1n) is 13.6. The minimum atomic E-state index is -1.73. The lowest BCUT2D eigenvalue weighted by Crippen LogP contribution is -2.61. The molecule has 5 rings (SSSR count). The van der Waals surface area contributed by atoms with Crippen molar-refractivity contribution in [2.45, 2.75) is 55.3 Å². The van der Waals surface area contributed by atoms with Crippen LogP contribution >= 0.6 is 0 Å². The average Bonchev–Trinajstić information content (AvgIpc) is 3.03. The van der Waals surface area contributed by atoms with Crippen LogP contribution in [0.15, 0.2) is 45.6 Å². The molecule has 0 aliphatic carbocycles. The van der Waals surface area contributed by atoms with Crippen molar-refractivity contribution in [1.29, 1.82) is 0 Å². The number of rotatable bonds is 9. The van der Waals surface area contributed by atoms with Crippen LogP contribution in [0.2, 0.25) is 0 Å². The molecule has 0 unspecified atom stereocenters. The van der Waals surface area contributed by atoms with E-state index in [1.807, 2.05) is 0 Å². The third-order valence-electron chi connectivity index (χ3n) is 7.46. The molecule has 0 spiro atoms. The highest BCUT2D eigenvalue weighted by molar-refractivity contribution is 5.86. The van der Waals surface area contributed by atoms with Crippen molar-refractivity contribution in [1.82, 2.24) is 0 Å². The molecule has 15 nitrogen and oxygen atoms in total. The van der Waals surface area contributed by atoms with Crippen LogP contribution in [-0.4, -0.2) is 120 Å². The smallest absolute Gasteiger partial charge is 0.229 e. The summed E-state index contributed by atoms with van der Waals surface area (Å²) in [6, 6.07) is 9.03. The molecule has 9 atom stereocenters. The number of hydrogen-bond acceptors (Lipinski definition) is 15. The molecule has 2 aromatic carbocycles. The first-order valence-corrected chi connectivity index (χ1v) is 13.6. The van der Waals surface area contributed by atoms with Gasteiger partial charge < -0.3 is 68.2 Å². The van der Waals surface area contributed by atoms with Crippen LogP contribution in [0.1, 0.15) is 0 Å². The fourth-order valence-electron chi connectivity index (χ4n) is 4.99. The lowest BCUT2D eigenvalue weighted by molar-refractivity contribution is -0.307. The molecule has 0 radical (unpaired) electrons. The zero-order chi connectivity index (χ0) is 31.7. The second-order valence-corrected chi connectivity index (χ2v) is 10.3. The number of fused-ring (bicyclic) bond motifs is 1. The third-order valence-corrected chi connectivity index (χ3v) is 7.46. The van der Waals surface area contributed by atoms with E-state index in [0.29, 0.717) is 17.1 Å². The van der Waals surface area contributed by atoms with Gasteiger partial charge in [0, 0.05) is 23.8 Å². The summed E-state index contributed by atoms with van der Waals surface area (Å²) < 4.78 is 44.2. The largest absolute Gasteiger partial charge is 0.496 e. The third kappa shape index (κ3) is 6.19. The van der Waals surface area contributed by atoms with Crippen LogP contribution in [0.4, 0.5) is 0 Å². The van der Waals surface area contributed by atoms with E-state index in [1.165, 1.54) is 39.5 Å². The van der Waals surface area contributed by atoms with Gasteiger partial charge >= 0.3 is 0 Å². The first-order chi connectivity index (χ1) is 21.1. The van der Waals surface area contributed by atoms with Gasteiger partial charge in [0.25, 0.3) is 0 Å². The van der Waals surface area contributed by atoms with Gasteiger partial charge in [-0.2, -0.15) is 0 Å². The predicted octanol–water partition coefficient (Wildman–Crippen LogP) is -0.872. The standard InChI is InChI=1S/C29H34O15/c1-37-16-5-4-12(6-18(16)38-2)17-9-14(30)22-19(39-3)7-13(8-20(22)43-17)42-29-27(36)25(34)24(33)21(44-29)11-41-28-26(35)23(32)15(31)10-40-28/h4-9,15,21,23-29,31-36H,10-11H2,1-3H3/t15-,21-,23-,24-,25+,26-,27+,28+,29-/m1/s1. The number of ether oxygens (including phenoxy) is 7. The lowest BCUT2D eigenvalue weighted by atomic mass is 9.99. The van der Waals surface area contributed by atoms with E-state index in [2.05, 4.69) is 0 Å². The molecule has 6 N–H and O–H groups in total. The van der Waals surface area contributed by atoms with Crippen molar-refractivity contribution >= 4 is 11.0 Å². The molecule has 3 aromatic rings. The molecule has 0 saturated carbocycles. The van der Waals surface area contributed by atoms with E-state index >= 15 is 0 Å². The minimum Gasteiger partial charge on any atom is -0.496 e. The van der Waals surface area contributed by atoms with Gasteiger partial charge in [0.15, 0.2) is 23.2 Å². The van der Waals surface area contributed by atoms with E-state index in [0.717, 1.165) is 0 Å². The Morgan fingerprint density at radius 2 is 1.48 bits per heavy atom. The zero-order valence-electron chi connectivity index (χ0n) is 23.9. The van der Waals surface area contributed by atoms with Gasteiger partial charge in [-0.05, 0) is 18.2 Å². The fraction of sp³-hybridized carbons (Fsp3) is 0.483. The molecule has 240 valence electrons. The highest BCUT2D eigenvalue weighted by atomic mass is 16.7. The zero-order valence-corrected chi connectivity index (χ0v) is 23.9. The van der Waals surface area contributed by atoms with E-state index < -0.39 is 67.3 Å². The van der Waals surface area contributed by atoms with Crippen LogP contribution in [0.25, 0.3) is 22.3 Å². The first kappa shape index (κ1) is 31.9. The maximum atomic E-state index is 13.1. The maximum absolute atomic E-state index is 13.1. The second kappa shape index (κ2) is 13.2. The highest BCUT2D eigenvalue weighted by Gasteiger charge is 2.46. The fourth-order valence-corrected chi connectivity index (χ4v) is 4.99. The molecule has 44 heavy (non-hydrogen) atoms. The number of benzene rings is 2. The van der Waals surface area contributed by atoms with Crippen LogP contribution in [0, 0.1) is 0 Å². The van der Waals surface area contributed by atoms with Gasteiger partial charge in [0.2, 0.25) is 6.29 Å². The summed E-state index contributed by atoms with van der Waals surface area (Å²) in [5, 5.41) is 61.3. The van der Waals surface area contributed by atoms with E-state index in [9.17, 15) is 35.4 Å². The van der Waals surface area contributed by atoms with E-state index in [-0.39, 0.29) is 34.8 Å². The molecule has 2 fully saturated rings. The molecule has 3 heterocycles. The summed E-state index contributed by atoms with van der Waals surface area (Å²) in [4.78, 5) is 13.1. The van der Waals surface area contributed by atoms with E-state index in [1.54, 1.807) is 18.2 Å². The molecule has 2 aliphatic rings. The Hall–Kier alpha value is -3.51. The summed E-state index contributed by atoms with van der Waals surface area (Å²) in [5.41, 5.74) is 0.187. The van der Waals surface area contributed by atoms with Crippen molar-refractivity contribution in [2.75, 3.05) is 34.5 Å². The highest BCUT2D eigenvalue weighted by Crippen LogP contribution is 2.36. The lowest BCUT2D eigenvalue weighted by Gasteiger charge is -2.41. The molecule has 0 amide bonds. The average molecular weight is 623 g/mol. The van der Waals surface area contributed by atoms with Crippen molar-refractivity contribution < 1.29 is 68.2 Å². The molecule has 1 aromatic heterocycles. The molecular formula is C29H34O15. The number of hydrogen-bond donors (Lipinski definition) is 6. The molecule has 0 bridgehead atoms. The maximum Gasteiger partial charge on any atom is 0.229 e. The van der Waals surface area contributed by atoms with Gasteiger partial charge in [-0.25, -0.2) is 0 Å². The number of aliphatic hydroxyl groups excluding tert-OH is 6. The van der Waals surface area contributed by atoms with Crippen LogP contribution in [-0.2, 0) is 14.2 Å². The van der Waals surface area contributed by atoms with Gasteiger partial charge in [-0.1, -0.05) is 0 Å². The second-order valence-electron chi connectivity index (χ2n) is 10.3. The Labute approximate surface area is 250 Å². The Morgan fingerprint density at radius 3 is 2.18 bits per heavy atom. The molecular weight excluding hydrogens is 588 g/mol. The molecule has 2 aliphatic heterocycles. The van der Waals surface area contributed by atoms with Crippen molar-refractivity contribution in [3.63, 3.8) is 0 Å². The Kier molecular flexibility index (Phi) is 9.59. The van der Waals surface area contributed by atoms with E-state index in [4.69, 9.17) is 37.6 Å². The summed E-state index contributed by atoms with van der Waals surface area (Å²) in [6.07, 6.45) is -13.7. The topological polar surface area (TPSA) is 216 Å². The van der Waals surface area contributed by atoms with Gasteiger partial charge in [0.1, 0.15) is 71.0 Å². The van der Waals surface area contributed by atoms with Crippen LogP contribution < -0.4 is 24.4 Å².